The number of imidazole rings is 1. The molecular weight excluding hydrogens is 525 g/mol. The summed E-state index contributed by atoms with van der Waals surface area (Å²) >= 11 is 0. The van der Waals surface area contributed by atoms with Crippen molar-refractivity contribution in [3.8, 4) is 0 Å². The molecule has 3 aromatic rings. The van der Waals surface area contributed by atoms with E-state index in [1.54, 1.807) is 13.1 Å². The Morgan fingerprint density at radius 1 is 1.13 bits per heavy atom. The lowest BCUT2D eigenvalue weighted by Gasteiger charge is -2.13. The average Bonchev–Trinajstić information content (AvgIpc) is 3.01. The van der Waals surface area contributed by atoms with Gasteiger partial charge in [0.25, 0.3) is 0 Å². The summed E-state index contributed by atoms with van der Waals surface area (Å²) in [5.41, 5.74) is 3.94. The van der Waals surface area contributed by atoms with Crippen LogP contribution in [0.4, 0.5) is 0 Å². The fraction of sp³-hybridized carbons (Fsp3) is 0.364. The Labute approximate surface area is 201 Å². The standard InChI is InChI=1S/C22H29N5O2S.HI/c1-16-14-18(10-11-21(16)30(4,28)29)15-25-22(23-3)24-12-7-13-27-17(2)26-19-8-5-6-9-20(19)27;/h5-6,8-11,14H,7,12-13,15H2,1-4H3,(H2,23,24,25);1H. The number of fused-ring (bicyclic) bond motifs is 1. The molecule has 0 spiro atoms. The van der Waals surface area contributed by atoms with Gasteiger partial charge in [0, 0.05) is 32.9 Å². The number of hydrogen-bond donors (Lipinski definition) is 2. The Morgan fingerprint density at radius 2 is 1.87 bits per heavy atom. The molecule has 0 atom stereocenters. The predicted molar refractivity (Wildman–Crippen MR) is 137 cm³/mol. The van der Waals surface area contributed by atoms with Gasteiger partial charge in [0.1, 0.15) is 5.82 Å². The minimum absolute atomic E-state index is 0. The summed E-state index contributed by atoms with van der Waals surface area (Å²) in [4.78, 5) is 9.24. The lowest BCUT2D eigenvalue weighted by molar-refractivity contribution is 0.601. The lowest BCUT2D eigenvalue weighted by Crippen LogP contribution is -2.37. The minimum atomic E-state index is -3.20. The summed E-state index contributed by atoms with van der Waals surface area (Å²) in [5, 5.41) is 6.61. The van der Waals surface area contributed by atoms with Gasteiger partial charge in [-0.05, 0) is 49.6 Å². The number of guanidine groups is 1. The van der Waals surface area contributed by atoms with Crippen molar-refractivity contribution in [2.45, 2.75) is 38.3 Å². The number of nitrogens with one attached hydrogen (secondary N) is 2. The van der Waals surface area contributed by atoms with Crippen molar-refractivity contribution >= 4 is 50.8 Å². The van der Waals surface area contributed by atoms with Gasteiger partial charge in [-0.3, -0.25) is 4.99 Å². The fourth-order valence-electron chi connectivity index (χ4n) is 3.57. The molecule has 2 aromatic carbocycles. The van der Waals surface area contributed by atoms with Crippen LogP contribution in [0.3, 0.4) is 0 Å². The molecule has 2 N–H and O–H groups in total. The number of benzene rings is 2. The Balaban J connectivity index is 0.00000341. The molecule has 0 saturated carbocycles. The van der Waals surface area contributed by atoms with Crippen molar-refractivity contribution in [2.24, 2.45) is 4.99 Å². The van der Waals surface area contributed by atoms with E-state index in [1.165, 1.54) is 6.26 Å². The molecule has 9 heteroatoms. The van der Waals surface area contributed by atoms with E-state index < -0.39 is 9.84 Å². The second-order valence-electron chi connectivity index (χ2n) is 7.38. The van der Waals surface area contributed by atoms with Gasteiger partial charge in [-0.2, -0.15) is 0 Å². The number of halogens is 1. The Bertz CT molecular complexity index is 1170. The summed E-state index contributed by atoms with van der Waals surface area (Å²) in [6.07, 6.45) is 2.16. The van der Waals surface area contributed by atoms with Crippen LogP contribution in [0, 0.1) is 13.8 Å². The maximum Gasteiger partial charge on any atom is 0.191 e. The van der Waals surface area contributed by atoms with E-state index in [2.05, 4.69) is 31.2 Å². The zero-order valence-electron chi connectivity index (χ0n) is 18.3. The van der Waals surface area contributed by atoms with Gasteiger partial charge in [0.05, 0.1) is 15.9 Å². The van der Waals surface area contributed by atoms with Crippen molar-refractivity contribution in [3.63, 3.8) is 0 Å². The molecule has 0 fully saturated rings. The third-order valence-electron chi connectivity index (χ3n) is 5.02. The van der Waals surface area contributed by atoms with Crippen LogP contribution in [0.5, 0.6) is 0 Å². The average molecular weight is 555 g/mol. The Kier molecular flexibility index (Phi) is 8.87. The second-order valence-corrected chi connectivity index (χ2v) is 9.36. The molecule has 3 rings (SSSR count). The third-order valence-corrected chi connectivity index (χ3v) is 6.28. The number of rotatable bonds is 7. The first-order valence-electron chi connectivity index (χ1n) is 9.95. The Morgan fingerprint density at radius 3 is 2.55 bits per heavy atom. The molecule has 0 radical (unpaired) electrons. The van der Waals surface area contributed by atoms with Crippen LogP contribution in [0.2, 0.25) is 0 Å². The zero-order valence-corrected chi connectivity index (χ0v) is 21.5. The molecule has 1 aromatic heterocycles. The molecule has 0 unspecified atom stereocenters. The summed E-state index contributed by atoms with van der Waals surface area (Å²) in [5.74, 6) is 1.73. The maximum atomic E-state index is 11.8. The highest BCUT2D eigenvalue weighted by Crippen LogP contribution is 2.17. The number of aryl methyl sites for hydroxylation is 3. The van der Waals surface area contributed by atoms with Gasteiger partial charge in [-0.25, -0.2) is 13.4 Å². The predicted octanol–water partition coefficient (Wildman–Crippen LogP) is 3.43. The van der Waals surface area contributed by atoms with Crippen molar-refractivity contribution < 1.29 is 8.42 Å². The van der Waals surface area contributed by atoms with E-state index in [4.69, 9.17) is 0 Å². The van der Waals surface area contributed by atoms with Gasteiger partial charge < -0.3 is 15.2 Å². The number of sulfone groups is 1. The number of aliphatic imine (C=N–C) groups is 1. The van der Waals surface area contributed by atoms with Crippen LogP contribution < -0.4 is 10.6 Å². The van der Waals surface area contributed by atoms with Crippen molar-refractivity contribution in [1.82, 2.24) is 20.2 Å². The van der Waals surface area contributed by atoms with Crippen LogP contribution in [0.1, 0.15) is 23.4 Å². The van der Waals surface area contributed by atoms with E-state index in [0.717, 1.165) is 47.5 Å². The van der Waals surface area contributed by atoms with E-state index in [1.807, 2.05) is 44.2 Å². The molecule has 0 bridgehead atoms. The van der Waals surface area contributed by atoms with Crippen LogP contribution >= 0.6 is 24.0 Å². The van der Waals surface area contributed by atoms with Crippen LogP contribution in [-0.2, 0) is 22.9 Å². The lowest BCUT2D eigenvalue weighted by atomic mass is 10.1. The van der Waals surface area contributed by atoms with E-state index in [9.17, 15) is 8.42 Å². The highest BCUT2D eigenvalue weighted by molar-refractivity contribution is 14.0. The summed E-state index contributed by atoms with van der Waals surface area (Å²) in [7, 11) is -1.46. The highest BCUT2D eigenvalue weighted by Gasteiger charge is 2.11. The zero-order chi connectivity index (χ0) is 21.7. The monoisotopic (exact) mass is 555 g/mol. The number of aromatic nitrogens is 2. The smallest absolute Gasteiger partial charge is 0.191 e. The Hall–Kier alpha value is -2.14. The highest BCUT2D eigenvalue weighted by atomic mass is 127. The van der Waals surface area contributed by atoms with E-state index >= 15 is 0 Å². The van der Waals surface area contributed by atoms with Gasteiger partial charge in [-0.15, -0.1) is 24.0 Å². The van der Waals surface area contributed by atoms with Gasteiger partial charge in [0.2, 0.25) is 0 Å². The number of nitrogens with zero attached hydrogens (tertiary/aromatic N) is 3. The molecular formula is C22H30IN5O2S. The molecule has 7 nitrogen and oxygen atoms in total. The first-order valence-corrected chi connectivity index (χ1v) is 11.8. The first-order chi connectivity index (χ1) is 14.3. The maximum absolute atomic E-state index is 11.8. The molecule has 0 aliphatic heterocycles. The number of para-hydroxylation sites is 2. The summed E-state index contributed by atoms with van der Waals surface area (Å²) in [6.45, 7) is 6.07. The van der Waals surface area contributed by atoms with Crippen molar-refractivity contribution in [1.29, 1.82) is 0 Å². The van der Waals surface area contributed by atoms with Crippen LogP contribution in [0.25, 0.3) is 11.0 Å². The quantitative estimate of drug-likeness (QED) is 0.202. The number of hydrogen-bond acceptors (Lipinski definition) is 4. The molecule has 1 heterocycles. The van der Waals surface area contributed by atoms with Crippen LogP contribution in [0.15, 0.2) is 52.4 Å². The molecule has 31 heavy (non-hydrogen) atoms. The first kappa shape index (κ1) is 25.1. The van der Waals surface area contributed by atoms with Gasteiger partial charge in [-0.1, -0.05) is 24.3 Å². The fourth-order valence-corrected chi connectivity index (χ4v) is 4.53. The normalized spacial score (nSPS) is 11.9. The molecule has 0 aliphatic carbocycles. The summed E-state index contributed by atoms with van der Waals surface area (Å²) < 4.78 is 25.7. The SMILES string of the molecule is CN=C(NCCCn1c(C)nc2ccccc21)NCc1ccc(S(C)(=O)=O)c(C)c1.I. The van der Waals surface area contributed by atoms with Gasteiger partial charge in [0.15, 0.2) is 15.8 Å². The van der Waals surface area contributed by atoms with Crippen LogP contribution in [-0.4, -0.2) is 43.8 Å². The molecule has 0 amide bonds. The van der Waals surface area contributed by atoms with Crippen molar-refractivity contribution in [2.75, 3.05) is 19.8 Å². The largest absolute Gasteiger partial charge is 0.356 e. The molecule has 0 aliphatic rings. The molecule has 0 saturated heterocycles. The second kappa shape index (κ2) is 10.9. The molecule has 168 valence electrons. The van der Waals surface area contributed by atoms with Crippen molar-refractivity contribution in [3.05, 3.63) is 59.4 Å². The van der Waals surface area contributed by atoms with E-state index in [-0.39, 0.29) is 24.0 Å². The van der Waals surface area contributed by atoms with E-state index in [0.29, 0.717) is 17.4 Å². The third kappa shape index (κ3) is 6.42. The van der Waals surface area contributed by atoms with Gasteiger partial charge >= 0.3 is 0 Å². The summed E-state index contributed by atoms with van der Waals surface area (Å²) in [6, 6.07) is 13.6. The topological polar surface area (TPSA) is 88.4 Å². The minimum Gasteiger partial charge on any atom is -0.356 e.